The summed E-state index contributed by atoms with van der Waals surface area (Å²) >= 11 is 0. The summed E-state index contributed by atoms with van der Waals surface area (Å²) in [6.45, 7) is 1.94. The van der Waals surface area contributed by atoms with Crippen molar-refractivity contribution < 1.29 is 4.52 Å². The number of hydrogen-bond donors (Lipinski definition) is 1. The van der Waals surface area contributed by atoms with Crippen LogP contribution in [0.2, 0.25) is 0 Å². The molecule has 0 aliphatic heterocycles. The highest BCUT2D eigenvalue weighted by Crippen LogP contribution is 2.32. The predicted octanol–water partition coefficient (Wildman–Crippen LogP) is 1.43. The monoisotopic (exact) mass is 245 g/mol. The zero-order chi connectivity index (χ0) is 12.5. The van der Waals surface area contributed by atoms with Gasteiger partial charge in [0.25, 0.3) is 0 Å². The Hall–Kier alpha value is -1.82. The third kappa shape index (κ3) is 2.11. The molecule has 1 aliphatic rings. The van der Waals surface area contributed by atoms with E-state index in [0.717, 1.165) is 24.8 Å². The van der Waals surface area contributed by atoms with Crippen LogP contribution in [-0.4, -0.2) is 26.2 Å². The van der Waals surface area contributed by atoms with Crippen molar-refractivity contribution in [2.24, 2.45) is 5.73 Å². The van der Waals surface area contributed by atoms with Crippen molar-refractivity contribution in [3.05, 3.63) is 23.8 Å². The van der Waals surface area contributed by atoms with E-state index in [0.29, 0.717) is 17.5 Å². The molecule has 6 nitrogen and oxygen atoms in total. The lowest BCUT2D eigenvalue weighted by Gasteiger charge is -2.01. The van der Waals surface area contributed by atoms with Gasteiger partial charge in [-0.1, -0.05) is 5.16 Å². The maximum atomic E-state index is 5.88. The zero-order valence-electron chi connectivity index (χ0n) is 10.2. The minimum atomic E-state index is 0.251. The lowest BCUT2D eigenvalue weighted by Crippen LogP contribution is -2.14. The number of nitrogens with zero attached hydrogens (tertiary/aromatic N) is 4. The molecule has 0 radical (unpaired) electrons. The van der Waals surface area contributed by atoms with Gasteiger partial charge in [-0.3, -0.25) is 0 Å². The van der Waals surface area contributed by atoms with Crippen LogP contribution >= 0.6 is 0 Å². The highest BCUT2D eigenvalue weighted by molar-refractivity contribution is 5.41. The second-order valence-corrected chi connectivity index (χ2v) is 4.81. The van der Waals surface area contributed by atoms with Gasteiger partial charge in [-0.05, 0) is 31.7 Å². The molecule has 2 aromatic heterocycles. The quantitative estimate of drug-likeness (QED) is 0.860. The number of aromatic nitrogens is 4. The minimum absolute atomic E-state index is 0.251. The molecule has 0 bridgehead atoms. The molecule has 0 amide bonds. The van der Waals surface area contributed by atoms with E-state index < -0.39 is 0 Å². The fourth-order valence-electron chi connectivity index (χ4n) is 2.24. The fraction of sp³-hybridized carbons (Fsp3) is 0.500. The van der Waals surface area contributed by atoms with Crippen molar-refractivity contribution in [2.75, 3.05) is 0 Å². The summed E-state index contributed by atoms with van der Waals surface area (Å²) < 4.78 is 5.28. The molecule has 3 rings (SSSR count). The summed E-state index contributed by atoms with van der Waals surface area (Å²) in [6.07, 6.45) is 6.42. The smallest absolute Gasteiger partial charge is 0.240 e. The Labute approximate surface area is 105 Å². The van der Waals surface area contributed by atoms with Crippen LogP contribution in [0.4, 0.5) is 0 Å². The van der Waals surface area contributed by atoms with Crippen LogP contribution in [0.15, 0.2) is 16.9 Å². The first-order chi connectivity index (χ1) is 8.72. The molecular weight excluding hydrogens is 230 g/mol. The van der Waals surface area contributed by atoms with Gasteiger partial charge in [-0.25, -0.2) is 9.97 Å². The number of rotatable bonds is 2. The Kier molecular flexibility index (Phi) is 2.79. The maximum absolute atomic E-state index is 5.88. The molecular formula is C12H15N5O. The normalized spacial score (nSPS) is 23.4. The van der Waals surface area contributed by atoms with Crippen molar-refractivity contribution >= 4 is 0 Å². The van der Waals surface area contributed by atoms with Gasteiger partial charge >= 0.3 is 0 Å². The van der Waals surface area contributed by atoms with Gasteiger partial charge in [0.2, 0.25) is 17.5 Å². The first kappa shape index (κ1) is 11.3. The second kappa shape index (κ2) is 4.45. The third-order valence-corrected chi connectivity index (χ3v) is 3.25. The SMILES string of the molecule is Cc1cnc(-c2noc(C3CCC(N)C3)n2)nc1. The van der Waals surface area contributed by atoms with E-state index in [9.17, 15) is 0 Å². The van der Waals surface area contributed by atoms with Crippen LogP contribution in [0.1, 0.15) is 36.6 Å². The molecule has 6 heteroatoms. The molecule has 1 aliphatic carbocycles. The summed E-state index contributed by atoms with van der Waals surface area (Å²) in [5.74, 6) is 1.89. The van der Waals surface area contributed by atoms with Crippen LogP contribution in [0.25, 0.3) is 11.6 Å². The number of nitrogens with two attached hydrogens (primary N) is 1. The highest BCUT2D eigenvalue weighted by Gasteiger charge is 2.28. The van der Waals surface area contributed by atoms with Crippen molar-refractivity contribution in [1.29, 1.82) is 0 Å². The second-order valence-electron chi connectivity index (χ2n) is 4.81. The molecule has 0 saturated heterocycles. The van der Waals surface area contributed by atoms with E-state index >= 15 is 0 Å². The Morgan fingerprint density at radius 3 is 2.67 bits per heavy atom. The fourth-order valence-corrected chi connectivity index (χ4v) is 2.24. The van der Waals surface area contributed by atoms with Gasteiger partial charge in [-0.15, -0.1) is 0 Å². The molecule has 2 atom stereocenters. The van der Waals surface area contributed by atoms with E-state index in [1.165, 1.54) is 0 Å². The molecule has 18 heavy (non-hydrogen) atoms. The Balaban J connectivity index is 1.83. The summed E-state index contributed by atoms with van der Waals surface area (Å²) in [4.78, 5) is 12.7. The van der Waals surface area contributed by atoms with Gasteiger partial charge < -0.3 is 10.3 Å². The summed E-state index contributed by atoms with van der Waals surface area (Å²) in [7, 11) is 0. The van der Waals surface area contributed by atoms with Crippen LogP contribution in [0.3, 0.4) is 0 Å². The van der Waals surface area contributed by atoms with Crippen LogP contribution < -0.4 is 5.73 Å². The Morgan fingerprint density at radius 1 is 1.22 bits per heavy atom. The van der Waals surface area contributed by atoms with Gasteiger partial charge in [0.15, 0.2) is 0 Å². The van der Waals surface area contributed by atoms with Gasteiger partial charge in [-0.2, -0.15) is 4.98 Å². The van der Waals surface area contributed by atoms with Crippen LogP contribution in [0, 0.1) is 6.92 Å². The minimum Gasteiger partial charge on any atom is -0.339 e. The average Bonchev–Trinajstić information content (AvgIpc) is 2.98. The molecule has 0 aromatic carbocycles. The van der Waals surface area contributed by atoms with E-state index in [2.05, 4.69) is 20.1 Å². The molecule has 1 fully saturated rings. The first-order valence-corrected chi connectivity index (χ1v) is 6.10. The molecule has 1 saturated carbocycles. The standard InChI is InChI=1S/C12H15N5O/c1-7-5-14-10(15-6-7)11-16-12(18-17-11)8-2-3-9(13)4-8/h5-6,8-9H,2-4,13H2,1H3. The highest BCUT2D eigenvalue weighted by atomic mass is 16.5. The third-order valence-electron chi connectivity index (χ3n) is 3.25. The van der Waals surface area contributed by atoms with E-state index in [4.69, 9.17) is 10.3 Å². The lowest BCUT2D eigenvalue weighted by molar-refractivity contribution is 0.353. The molecule has 2 unspecified atom stereocenters. The molecule has 2 aromatic rings. The van der Waals surface area contributed by atoms with Crippen molar-refractivity contribution in [2.45, 2.75) is 38.1 Å². The van der Waals surface area contributed by atoms with E-state index in [1.807, 2.05) is 6.92 Å². The lowest BCUT2D eigenvalue weighted by atomic mass is 10.1. The summed E-state index contributed by atoms with van der Waals surface area (Å²) in [5.41, 5.74) is 6.89. The maximum Gasteiger partial charge on any atom is 0.240 e. The number of hydrogen-bond acceptors (Lipinski definition) is 6. The zero-order valence-corrected chi connectivity index (χ0v) is 10.2. The van der Waals surface area contributed by atoms with Crippen molar-refractivity contribution in [3.8, 4) is 11.6 Å². The number of aryl methyl sites for hydroxylation is 1. The largest absolute Gasteiger partial charge is 0.339 e. The first-order valence-electron chi connectivity index (χ1n) is 6.10. The van der Waals surface area contributed by atoms with Crippen molar-refractivity contribution in [1.82, 2.24) is 20.1 Å². The molecule has 0 spiro atoms. The average molecular weight is 245 g/mol. The van der Waals surface area contributed by atoms with Crippen molar-refractivity contribution in [3.63, 3.8) is 0 Å². The topological polar surface area (TPSA) is 90.7 Å². The summed E-state index contributed by atoms with van der Waals surface area (Å²) in [5, 5.41) is 3.93. The predicted molar refractivity (Wildman–Crippen MR) is 64.6 cm³/mol. The van der Waals surface area contributed by atoms with E-state index in [-0.39, 0.29) is 12.0 Å². The molecule has 2 N–H and O–H groups in total. The van der Waals surface area contributed by atoms with E-state index in [1.54, 1.807) is 12.4 Å². The molecule has 2 heterocycles. The summed E-state index contributed by atoms with van der Waals surface area (Å²) in [6, 6.07) is 0.251. The van der Waals surface area contributed by atoms with Gasteiger partial charge in [0.1, 0.15) is 0 Å². The molecule has 94 valence electrons. The van der Waals surface area contributed by atoms with Gasteiger partial charge in [0, 0.05) is 24.4 Å². The Morgan fingerprint density at radius 2 is 2.00 bits per heavy atom. The van der Waals surface area contributed by atoms with Gasteiger partial charge in [0.05, 0.1) is 0 Å². The van der Waals surface area contributed by atoms with Crippen LogP contribution in [0.5, 0.6) is 0 Å². The van der Waals surface area contributed by atoms with Crippen LogP contribution in [-0.2, 0) is 0 Å². The Bertz CT molecular complexity index is 536.